The van der Waals surface area contributed by atoms with Gasteiger partial charge in [-0.2, -0.15) is 0 Å². The number of hydrogen-bond acceptors (Lipinski definition) is 5. The van der Waals surface area contributed by atoms with Gasteiger partial charge in [-0.1, -0.05) is 6.92 Å². The molecule has 0 spiro atoms. The van der Waals surface area contributed by atoms with E-state index in [-0.39, 0.29) is 15.5 Å². The minimum absolute atomic E-state index is 0.0109. The van der Waals surface area contributed by atoms with Crippen LogP contribution >= 0.6 is 0 Å². The average Bonchev–Trinajstić information content (AvgIpc) is 2.26. The van der Waals surface area contributed by atoms with Gasteiger partial charge < -0.3 is 5.73 Å². The summed E-state index contributed by atoms with van der Waals surface area (Å²) in [5.41, 5.74) is 5.03. The quantitative estimate of drug-likeness (QED) is 0.791. The van der Waals surface area contributed by atoms with Gasteiger partial charge in [0.1, 0.15) is 4.90 Å². The van der Waals surface area contributed by atoms with Crippen molar-refractivity contribution in [3.05, 3.63) is 18.2 Å². The number of anilines is 1. The zero-order chi connectivity index (χ0) is 15.8. The zero-order valence-corrected chi connectivity index (χ0v) is 13.6. The molecule has 0 saturated heterocycles. The predicted molar refractivity (Wildman–Crippen MR) is 78.7 cm³/mol. The third kappa shape index (κ3) is 3.94. The minimum Gasteiger partial charge on any atom is -0.398 e. The first-order chi connectivity index (χ1) is 8.89. The highest BCUT2D eigenvalue weighted by atomic mass is 32.2. The van der Waals surface area contributed by atoms with Crippen LogP contribution in [0.25, 0.3) is 0 Å². The van der Waals surface area contributed by atoms with E-state index in [1.54, 1.807) is 13.8 Å². The molecule has 0 fully saturated rings. The molecule has 6 nitrogen and oxygen atoms in total. The summed E-state index contributed by atoms with van der Waals surface area (Å²) in [7, 11) is -7.38. The van der Waals surface area contributed by atoms with Crippen LogP contribution in [0.4, 0.5) is 5.69 Å². The highest BCUT2D eigenvalue weighted by Crippen LogP contribution is 2.24. The van der Waals surface area contributed by atoms with E-state index in [0.29, 0.717) is 6.42 Å². The summed E-state index contributed by atoms with van der Waals surface area (Å²) in [5, 5.41) is 0. The van der Waals surface area contributed by atoms with Crippen molar-refractivity contribution in [3.8, 4) is 0 Å². The fraction of sp³-hybridized carbons (Fsp3) is 0.500. The second-order valence-electron chi connectivity index (χ2n) is 5.31. The third-order valence-corrected chi connectivity index (χ3v) is 5.86. The molecule has 0 aliphatic carbocycles. The van der Waals surface area contributed by atoms with Crippen LogP contribution in [0.5, 0.6) is 0 Å². The van der Waals surface area contributed by atoms with E-state index >= 15 is 0 Å². The van der Waals surface area contributed by atoms with Crippen LogP contribution in [-0.2, 0) is 19.9 Å². The number of rotatable bonds is 5. The normalized spacial score (nSPS) is 13.4. The lowest BCUT2D eigenvalue weighted by Gasteiger charge is -2.24. The van der Waals surface area contributed by atoms with E-state index in [1.807, 2.05) is 6.92 Å². The number of sulfonamides is 1. The van der Waals surface area contributed by atoms with Crippen LogP contribution in [0.15, 0.2) is 28.0 Å². The van der Waals surface area contributed by atoms with Crippen molar-refractivity contribution in [3.63, 3.8) is 0 Å². The molecule has 1 rings (SSSR count). The molecule has 0 saturated carbocycles. The Bertz CT molecular complexity index is 707. The zero-order valence-electron chi connectivity index (χ0n) is 12.0. The molecule has 0 bridgehead atoms. The number of nitrogens with one attached hydrogen (secondary N) is 1. The van der Waals surface area contributed by atoms with Crippen LogP contribution in [0.2, 0.25) is 0 Å². The molecule has 20 heavy (non-hydrogen) atoms. The fourth-order valence-corrected chi connectivity index (χ4v) is 3.83. The first-order valence-corrected chi connectivity index (χ1v) is 9.40. The molecule has 0 radical (unpaired) electrons. The highest BCUT2D eigenvalue weighted by molar-refractivity contribution is 7.91. The summed E-state index contributed by atoms with van der Waals surface area (Å²) < 4.78 is 50.2. The lowest BCUT2D eigenvalue weighted by molar-refractivity contribution is 0.439. The lowest BCUT2D eigenvalue weighted by Crippen LogP contribution is -2.42. The van der Waals surface area contributed by atoms with Crippen molar-refractivity contribution in [2.45, 2.75) is 42.5 Å². The van der Waals surface area contributed by atoms with Crippen LogP contribution in [-0.4, -0.2) is 28.6 Å². The summed E-state index contributed by atoms with van der Waals surface area (Å²) in [6.45, 7) is 5.32. The second-order valence-corrected chi connectivity index (χ2v) is 8.98. The molecular formula is C12H20N2O4S2. The van der Waals surface area contributed by atoms with Gasteiger partial charge in [0.2, 0.25) is 10.0 Å². The van der Waals surface area contributed by atoms with E-state index in [1.165, 1.54) is 12.1 Å². The third-order valence-electron chi connectivity index (χ3n) is 3.00. The van der Waals surface area contributed by atoms with Gasteiger partial charge in [-0.25, -0.2) is 21.6 Å². The summed E-state index contributed by atoms with van der Waals surface area (Å²) in [6, 6.07) is 3.65. The lowest BCUT2D eigenvalue weighted by atomic mass is 10.0. The maximum atomic E-state index is 12.3. The summed E-state index contributed by atoms with van der Waals surface area (Å²) >= 11 is 0. The maximum absolute atomic E-state index is 12.3. The van der Waals surface area contributed by atoms with Gasteiger partial charge in [-0.05, 0) is 38.5 Å². The maximum Gasteiger partial charge on any atom is 0.243 e. The summed E-state index contributed by atoms with van der Waals surface area (Å²) in [6.07, 6.45) is 1.59. The van der Waals surface area contributed by atoms with Gasteiger partial charge in [-0.15, -0.1) is 0 Å². The monoisotopic (exact) mass is 320 g/mol. The van der Waals surface area contributed by atoms with Crippen molar-refractivity contribution in [1.82, 2.24) is 4.72 Å². The molecule has 1 aromatic carbocycles. The van der Waals surface area contributed by atoms with Gasteiger partial charge in [0.25, 0.3) is 0 Å². The Labute approximate surface area is 120 Å². The Kier molecular flexibility index (Phi) is 4.52. The van der Waals surface area contributed by atoms with E-state index in [9.17, 15) is 16.8 Å². The first-order valence-electron chi connectivity index (χ1n) is 6.02. The Morgan fingerprint density at radius 3 is 2.20 bits per heavy atom. The van der Waals surface area contributed by atoms with Crippen LogP contribution in [0, 0.1) is 0 Å². The minimum atomic E-state index is -3.88. The molecular weight excluding hydrogens is 300 g/mol. The Hall–Kier alpha value is -1.12. The number of benzene rings is 1. The molecule has 8 heteroatoms. The van der Waals surface area contributed by atoms with Crippen molar-refractivity contribution in [2.75, 3.05) is 12.0 Å². The van der Waals surface area contributed by atoms with Gasteiger partial charge in [0.15, 0.2) is 9.84 Å². The predicted octanol–water partition coefficient (Wildman–Crippen LogP) is 1.14. The van der Waals surface area contributed by atoms with Crippen molar-refractivity contribution in [1.29, 1.82) is 0 Å². The first kappa shape index (κ1) is 16.9. The number of nitrogen functional groups attached to an aromatic ring is 1. The van der Waals surface area contributed by atoms with E-state index in [4.69, 9.17) is 5.73 Å². The molecule has 0 aliphatic heterocycles. The van der Waals surface area contributed by atoms with E-state index in [2.05, 4.69) is 4.72 Å². The highest BCUT2D eigenvalue weighted by Gasteiger charge is 2.27. The van der Waals surface area contributed by atoms with Crippen molar-refractivity contribution >= 4 is 25.5 Å². The molecule has 0 heterocycles. The van der Waals surface area contributed by atoms with Gasteiger partial charge in [0, 0.05) is 11.8 Å². The molecule has 0 unspecified atom stereocenters. The van der Waals surface area contributed by atoms with Crippen LogP contribution in [0.3, 0.4) is 0 Å². The smallest absolute Gasteiger partial charge is 0.243 e. The SMILES string of the molecule is CCC(C)(C)NS(=O)(=O)c1cc(S(C)(=O)=O)ccc1N. The van der Waals surface area contributed by atoms with Gasteiger partial charge in [0.05, 0.1) is 10.6 Å². The summed E-state index contributed by atoms with van der Waals surface area (Å²) in [5.74, 6) is 0. The largest absolute Gasteiger partial charge is 0.398 e. The van der Waals surface area contributed by atoms with E-state index < -0.39 is 25.4 Å². The van der Waals surface area contributed by atoms with Crippen LogP contribution < -0.4 is 10.5 Å². The standard InChI is InChI=1S/C12H20N2O4S2/c1-5-12(2,3)14-20(17,18)11-8-9(19(4,15)16)6-7-10(11)13/h6-8,14H,5,13H2,1-4H3. The fourth-order valence-electron chi connectivity index (χ4n) is 1.47. The Morgan fingerprint density at radius 2 is 1.75 bits per heavy atom. The summed E-state index contributed by atoms with van der Waals surface area (Å²) in [4.78, 5) is -0.302. The molecule has 1 aromatic rings. The molecule has 0 atom stereocenters. The van der Waals surface area contributed by atoms with Crippen molar-refractivity contribution in [2.24, 2.45) is 0 Å². The number of sulfone groups is 1. The van der Waals surface area contributed by atoms with Gasteiger partial charge in [-0.3, -0.25) is 0 Å². The Balaban J connectivity index is 3.39. The number of hydrogen-bond donors (Lipinski definition) is 2. The number of nitrogens with two attached hydrogens (primary N) is 1. The second kappa shape index (κ2) is 5.34. The molecule has 0 aromatic heterocycles. The molecule has 114 valence electrons. The molecule has 0 aliphatic rings. The van der Waals surface area contributed by atoms with Crippen LogP contribution in [0.1, 0.15) is 27.2 Å². The van der Waals surface area contributed by atoms with E-state index in [0.717, 1.165) is 12.3 Å². The topological polar surface area (TPSA) is 106 Å². The van der Waals surface area contributed by atoms with Crippen molar-refractivity contribution < 1.29 is 16.8 Å². The Morgan fingerprint density at radius 1 is 1.20 bits per heavy atom. The average molecular weight is 320 g/mol. The molecule has 0 amide bonds. The van der Waals surface area contributed by atoms with Gasteiger partial charge >= 0.3 is 0 Å². The molecule has 3 N–H and O–H groups in total.